The highest BCUT2D eigenvalue weighted by atomic mass is 32.2. The van der Waals surface area contributed by atoms with Crippen LogP contribution in [0.1, 0.15) is 23.7 Å². The lowest BCUT2D eigenvalue weighted by molar-refractivity contribution is 0.102. The van der Waals surface area contributed by atoms with Crippen molar-refractivity contribution in [3.63, 3.8) is 0 Å². The lowest BCUT2D eigenvalue weighted by Crippen LogP contribution is -2.19. The summed E-state index contributed by atoms with van der Waals surface area (Å²) in [4.78, 5) is 27.3. The van der Waals surface area contributed by atoms with Crippen molar-refractivity contribution in [2.45, 2.75) is 23.1 Å². The first kappa shape index (κ1) is 21.8. The molecule has 0 radical (unpaired) electrons. The Kier molecular flexibility index (Phi) is 6.37. The highest BCUT2D eigenvalue weighted by Crippen LogP contribution is 2.36. The number of amides is 1. The van der Waals surface area contributed by atoms with Crippen LogP contribution in [-0.2, 0) is 14.1 Å². The molecule has 7 heteroatoms. The van der Waals surface area contributed by atoms with Gasteiger partial charge in [0, 0.05) is 29.4 Å². The zero-order valence-electron chi connectivity index (χ0n) is 18.3. The Morgan fingerprint density at radius 3 is 2.28 bits per heavy atom. The van der Waals surface area contributed by atoms with Gasteiger partial charge in [0.1, 0.15) is 5.75 Å². The summed E-state index contributed by atoms with van der Waals surface area (Å²) in [7, 11) is 3.48. The number of carbonyl (C=O) groups is 1. The van der Waals surface area contributed by atoms with Crippen molar-refractivity contribution in [3.8, 4) is 5.75 Å². The number of nitrogens with one attached hydrogen (secondary N) is 1. The molecule has 1 aromatic heterocycles. The number of aryl methyl sites for hydroxylation is 2. The second-order valence-corrected chi connectivity index (χ2v) is 8.60. The van der Waals surface area contributed by atoms with Gasteiger partial charge in [-0.1, -0.05) is 36.9 Å². The molecule has 1 heterocycles. The van der Waals surface area contributed by atoms with E-state index < -0.39 is 0 Å². The molecule has 0 saturated heterocycles. The van der Waals surface area contributed by atoms with Crippen molar-refractivity contribution in [1.82, 2.24) is 9.13 Å². The van der Waals surface area contributed by atoms with Crippen LogP contribution in [0.25, 0.3) is 11.0 Å². The van der Waals surface area contributed by atoms with Crippen LogP contribution in [0.4, 0.5) is 5.69 Å². The van der Waals surface area contributed by atoms with Crippen LogP contribution in [0, 0.1) is 0 Å². The summed E-state index contributed by atoms with van der Waals surface area (Å²) in [5.41, 5.74) is 2.65. The van der Waals surface area contributed by atoms with E-state index >= 15 is 0 Å². The van der Waals surface area contributed by atoms with Crippen molar-refractivity contribution < 1.29 is 9.53 Å². The highest BCUT2D eigenvalue weighted by molar-refractivity contribution is 7.99. The number of benzene rings is 3. The van der Waals surface area contributed by atoms with Gasteiger partial charge in [0.05, 0.1) is 23.3 Å². The van der Waals surface area contributed by atoms with Gasteiger partial charge in [-0.15, -0.1) is 0 Å². The smallest absolute Gasteiger partial charge is 0.328 e. The van der Waals surface area contributed by atoms with Crippen LogP contribution >= 0.6 is 11.8 Å². The van der Waals surface area contributed by atoms with Crippen LogP contribution in [0.3, 0.4) is 0 Å². The molecule has 1 N–H and O–H groups in total. The first-order chi connectivity index (χ1) is 15.5. The average molecular weight is 448 g/mol. The SMILES string of the molecule is CCCOc1ccc(C(=O)Nc2cc3c(cc2Sc2ccccc2)n(C)c(=O)n3C)cc1. The lowest BCUT2D eigenvalue weighted by atomic mass is 10.2. The fourth-order valence-electron chi connectivity index (χ4n) is 3.44. The molecule has 32 heavy (non-hydrogen) atoms. The number of fused-ring (bicyclic) bond motifs is 1. The average Bonchev–Trinajstić information content (AvgIpc) is 3.02. The van der Waals surface area contributed by atoms with E-state index in [1.54, 1.807) is 59.3 Å². The van der Waals surface area contributed by atoms with Gasteiger partial charge in [-0.2, -0.15) is 0 Å². The number of rotatable bonds is 7. The van der Waals surface area contributed by atoms with Gasteiger partial charge in [-0.3, -0.25) is 13.9 Å². The van der Waals surface area contributed by atoms with Gasteiger partial charge in [0.2, 0.25) is 0 Å². The summed E-state index contributed by atoms with van der Waals surface area (Å²) in [6.45, 7) is 2.69. The maximum Gasteiger partial charge on any atom is 0.328 e. The predicted molar refractivity (Wildman–Crippen MR) is 129 cm³/mol. The monoisotopic (exact) mass is 447 g/mol. The molecular weight excluding hydrogens is 422 g/mol. The zero-order valence-corrected chi connectivity index (χ0v) is 19.1. The van der Waals surface area contributed by atoms with E-state index in [2.05, 4.69) is 5.32 Å². The minimum absolute atomic E-state index is 0.109. The normalized spacial score (nSPS) is 11.0. The van der Waals surface area contributed by atoms with Crippen molar-refractivity contribution in [3.05, 3.63) is 82.8 Å². The quantitative estimate of drug-likeness (QED) is 0.430. The van der Waals surface area contributed by atoms with Gasteiger partial charge in [0.25, 0.3) is 5.91 Å². The molecule has 0 bridgehead atoms. The number of aromatic nitrogens is 2. The van der Waals surface area contributed by atoms with E-state index in [-0.39, 0.29) is 11.6 Å². The van der Waals surface area contributed by atoms with Gasteiger partial charge >= 0.3 is 5.69 Å². The summed E-state index contributed by atoms with van der Waals surface area (Å²) in [6.07, 6.45) is 0.925. The lowest BCUT2D eigenvalue weighted by Gasteiger charge is -2.13. The Balaban J connectivity index is 1.69. The van der Waals surface area contributed by atoms with E-state index in [9.17, 15) is 9.59 Å². The van der Waals surface area contributed by atoms with Gasteiger partial charge < -0.3 is 10.1 Å². The number of hydrogen-bond donors (Lipinski definition) is 1. The van der Waals surface area contributed by atoms with Crippen molar-refractivity contribution in [2.75, 3.05) is 11.9 Å². The predicted octanol–water partition coefficient (Wildman–Crippen LogP) is 5.07. The van der Waals surface area contributed by atoms with Crippen molar-refractivity contribution in [1.29, 1.82) is 0 Å². The molecule has 0 saturated carbocycles. The molecule has 0 spiro atoms. The molecule has 164 valence electrons. The van der Waals surface area contributed by atoms with E-state index in [1.165, 1.54) is 0 Å². The van der Waals surface area contributed by atoms with Crippen LogP contribution in [-0.4, -0.2) is 21.6 Å². The van der Waals surface area contributed by atoms with Crippen LogP contribution in [0.15, 0.2) is 81.3 Å². The maximum atomic E-state index is 13.0. The fraction of sp³-hybridized carbons (Fsp3) is 0.200. The van der Waals surface area contributed by atoms with Crippen LogP contribution in [0.5, 0.6) is 5.75 Å². The van der Waals surface area contributed by atoms with Crippen LogP contribution < -0.4 is 15.7 Å². The second-order valence-electron chi connectivity index (χ2n) is 7.48. The molecule has 0 aliphatic rings. The first-order valence-corrected chi connectivity index (χ1v) is 11.3. The third-order valence-corrected chi connectivity index (χ3v) is 6.25. The number of imidazole rings is 1. The standard InChI is InChI=1S/C25H25N3O3S/c1-4-14-31-18-12-10-17(11-13-18)24(29)26-20-15-21-22(28(3)25(30)27(21)2)16-23(20)32-19-8-6-5-7-9-19/h5-13,15-16H,4,14H2,1-3H3,(H,26,29). The molecule has 4 aromatic rings. The molecule has 6 nitrogen and oxygen atoms in total. The second kappa shape index (κ2) is 9.36. The Morgan fingerprint density at radius 2 is 1.62 bits per heavy atom. The molecule has 0 unspecified atom stereocenters. The Bertz CT molecular complexity index is 1310. The van der Waals surface area contributed by atoms with Gasteiger partial charge in [0.15, 0.2) is 0 Å². The molecule has 0 aliphatic heterocycles. The molecule has 1 amide bonds. The Labute approximate surface area is 190 Å². The van der Waals surface area contributed by atoms with E-state index in [4.69, 9.17) is 4.74 Å². The van der Waals surface area contributed by atoms with E-state index in [0.29, 0.717) is 17.9 Å². The van der Waals surface area contributed by atoms with Gasteiger partial charge in [-0.05, 0) is 55.0 Å². The van der Waals surface area contributed by atoms with Crippen molar-refractivity contribution in [2.24, 2.45) is 14.1 Å². The summed E-state index contributed by atoms with van der Waals surface area (Å²) in [6, 6.07) is 20.8. The minimum Gasteiger partial charge on any atom is -0.494 e. The van der Waals surface area contributed by atoms with E-state index in [1.807, 2.05) is 49.4 Å². The molecule has 3 aromatic carbocycles. The first-order valence-electron chi connectivity index (χ1n) is 10.4. The minimum atomic E-state index is -0.220. The summed E-state index contributed by atoms with van der Waals surface area (Å²) in [5, 5.41) is 3.03. The van der Waals surface area contributed by atoms with Crippen molar-refractivity contribution >= 4 is 34.4 Å². The molecular formula is C25H25N3O3S. The highest BCUT2D eigenvalue weighted by Gasteiger charge is 2.16. The largest absolute Gasteiger partial charge is 0.494 e. The number of carbonyl (C=O) groups excluding carboxylic acids is 1. The number of nitrogens with zero attached hydrogens (tertiary/aromatic N) is 2. The summed E-state index contributed by atoms with van der Waals surface area (Å²) >= 11 is 1.54. The Hall–Kier alpha value is -3.45. The molecule has 0 fully saturated rings. The summed E-state index contributed by atoms with van der Waals surface area (Å²) in [5.74, 6) is 0.520. The zero-order chi connectivity index (χ0) is 22.7. The topological polar surface area (TPSA) is 65.3 Å². The third-order valence-electron chi connectivity index (χ3n) is 5.18. The molecule has 0 aliphatic carbocycles. The third kappa shape index (κ3) is 4.43. The fourth-order valence-corrected chi connectivity index (χ4v) is 4.38. The van der Waals surface area contributed by atoms with Gasteiger partial charge in [-0.25, -0.2) is 4.79 Å². The maximum absolute atomic E-state index is 13.0. The molecule has 4 rings (SSSR count). The number of ether oxygens (including phenoxy) is 1. The number of hydrogen-bond acceptors (Lipinski definition) is 4. The molecule has 0 atom stereocenters. The number of anilines is 1. The summed E-state index contributed by atoms with van der Waals surface area (Å²) < 4.78 is 8.80. The van der Waals surface area contributed by atoms with Crippen LogP contribution in [0.2, 0.25) is 0 Å². The Morgan fingerprint density at radius 1 is 0.969 bits per heavy atom. The van der Waals surface area contributed by atoms with E-state index in [0.717, 1.165) is 33.0 Å².